The van der Waals surface area contributed by atoms with Crippen LogP contribution in [0.15, 0.2) is 42.5 Å². The van der Waals surface area contributed by atoms with Gasteiger partial charge in [-0.3, -0.25) is 14.9 Å². The molecule has 6 nitrogen and oxygen atoms in total. The summed E-state index contributed by atoms with van der Waals surface area (Å²) >= 11 is 0. The summed E-state index contributed by atoms with van der Waals surface area (Å²) < 4.78 is 13.1. The fourth-order valence-electron chi connectivity index (χ4n) is 2.72. The summed E-state index contributed by atoms with van der Waals surface area (Å²) in [6.07, 6.45) is 0.484. The molecule has 2 aromatic rings. The molecule has 0 spiro atoms. The van der Waals surface area contributed by atoms with Crippen LogP contribution in [0, 0.1) is 15.9 Å². The largest absolute Gasteiger partial charge is 0.379 e. The van der Waals surface area contributed by atoms with Crippen molar-refractivity contribution in [3.63, 3.8) is 0 Å². The van der Waals surface area contributed by atoms with Gasteiger partial charge in [0.2, 0.25) is 5.91 Å². The van der Waals surface area contributed by atoms with Crippen LogP contribution in [0.1, 0.15) is 17.9 Å². The van der Waals surface area contributed by atoms with E-state index in [0.717, 1.165) is 23.4 Å². The van der Waals surface area contributed by atoms with Crippen LogP contribution in [-0.4, -0.2) is 17.4 Å². The standard InChI is InChI=1S/C16H14FN3O3/c17-10-5-6-14(15(9-10)20(22)23)18-8-7-12-11-3-1-2-4-13(11)19-16(12)21/h1-6,9,12,18H,7-8H2,(H,19,21)/t12-/m0/s1. The van der Waals surface area contributed by atoms with Crippen molar-refractivity contribution in [2.24, 2.45) is 0 Å². The molecule has 1 aliphatic heterocycles. The molecule has 0 radical (unpaired) electrons. The Morgan fingerprint density at radius 3 is 2.83 bits per heavy atom. The maximum atomic E-state index is 13.1. The van der Waals surface area contributed by atoms with Gasteiger partial charge in [0.15, 0.2) is 0 Å². The van der Waals surface area contributed by atoms with Crippen molar-refractivity contribution in [3.8, 4) is 0 Å². The SMILES string of the molecule is O=C1Nc2ccccc2[C@@H]1CCNc1ccc(F)cc1[N+](=O)[O-]. The highest BCUT2D eigenvalue weighted by Crippen LogP contribution is 2.34. The molecule has 0 bridgehead atoms. The number of hydrogen-bond donors (Lipinski definition) is 2. The quantitative estimate of drug-likeness (QED) is 0.655. The molecular formula is C16H14FN3O3. The molecule has 1 heterocycles. The molecule has 3 rings (SSSR count). The molecule has 1 atom stereocenters. The van der Waals surface area contributed by atoms with Crippen LogP contribution >= 0.6 is 0 Å². The Kier molecular flexibility index (Phi) is 3.92. The molecule has 23 heavy (non-hydrogen) atoms. The molecule has 0 saturated carbocycles. The molecule has 7 heteroatoms. The average molecular weight is 315 g/mol. The second-order valence-corrected chi connectivity index (χ2v) is 5.26. The Bertz CT molecular complexity index is 779. The van der Waals surface area contributed by atoms with Crippen molar-refractivity contribution < 1.29 is 14.1 Å². The van der Waals surface area contributed by atoms with Crippen LogP contribution in [-0.2, 0) is 4.79 Å². The van der Waals surface area contributed by atoms with Crippen LogP contribution in [0.25, 0.3) is 0 Å². The Morgan fingerprint density at radius 2 is 2.04 bits per heavy atom. The van der Waals surface area contributed by atoms with Gasteiger partial charge in [0, 0.05) is 12.2 Å². The maximum Gasteiger partial charge on any atom is 0.295 e. The van der Waals surface area contributed by atoms with E-state index < -0.39 is 10.7 Å². The number of benzene rings is 2. The Balaban J connectivity index is 1.69. The van der Waals surface area contributed by atoms with Gasteiger partial charge in [-0.25, -0.2) is 4.39 Å². The van der Waals surface area contributed by atoms with Crippen LogP contribution in [0.4, 0.5) is 21.5 Å². The number of nitrogens with one attached hydrogen (secondary N) is 2. The Hall–Kier alpha value is -2.96. The summed E-state index contributed by atoms with van der Waals surface area (Å²) in [5.41, 5.74) is 1.65. The van der Waals surface area contributed by atoms with Gasteiger partial charge in [-0.15, -0.1) is 0 Å². The van der Waals surface area contributed by atoms with Gasteiger partial charge < -0.3 is 10.6 Å². The lowest BCUT2D eigenvalue weighted by atomic mass is 9.97. The number of nitro benzene ring substituents is 1. The van der Waals surface area contributed by atoms with Gasteiger partial charge >= 0.3 is 0 Å². The zero-order chi connectivity index (χ0) is 16.4. The summed E-state index contributed by atoms with van der Waals surface area (Å²) in [4.78, 5) is 22.3. The number of rotatable bonds is 5. The van der Waals surface area contributed by atoms with Crippen molar-refractivity contribution in [3.05, 3.63) is 64.0 Å². The van der Waals surface area contributed by atoms with E-state index in [1.165, 1.54) is 6.07 Å². The number of halogens is 1. The highest BCUT2D eigenvalue weighted by molar-refractivity contribution is 6.02. The summed E-state index contributed by atoms with van der Waals surface area (Å²) in [6, 6.07) is 10.8. The lowest BCUT2D eigenvalue weighted by Crippen LogP contribution is -2.16. The highest BCUT2D eigenvalue weighted by Gasteiger charge is 2.29. The van der Waals surface area contributed by atoms with E-state index in [4.69, 9.17) is 0 Å². The van der Waals surface area contributed by atoms with Gasteiger partial charge in [-0.1, -0.05) is 18.2 Å². The minimum atomic E-state index is -0.661. The van der Waals surface area contributed by atoms with Gasteiger partial charge in [0.25, 0.3) is 5.69 Å². The second-order valence-electron chi connectivity index (χ2n) is 5.26. The Labute approximate surface area is 131 Å². The predicted molar refractivity (Wildman–Crippen MR) is 84.0 cm³/mol. The molecule has 2 aromatic carbocycles. The van der Waals surface area contributed by atoms with E-state index in [0.29, 0.717) is 13.0 Å². The second kappa shape index (κ2) is 6.04. The van der Waals surface area contributed by atoms with Gasteiger partial charge in [-0.2, -0.15) is 0 Å². The normalized spacial score (nSPS) is 15.9. The first-order valence-electron chi connectivity index (χ1n) is 7.14. The smallest absolute Gasteiger partial charge is 0.295 e. The van der Waals surface area contributed by atoms with E-state index in [1.807, 2.05) is 24.3 Å². The third kappa shape index (κ3) is 2.98. The van der Waals surface area contributed by atoms with Crippen molar-refractivity contribution in [2.75, 3.05) is 17.2 Å². The number of para-hydroxylation sites is 1. The lowest BCUT2D eigenvalue weighted by Gasteiger charge is -2.11. The lowest BCUT2D eigenvalue weighted by molar-refractivity contribution is -0.384. The van der Waals surface area contributed by atoms with Crippen LogP contribution < -0.4 is 10.6 Å². The molecule has 2 N–H and O–H groups in total. The van der Waals surface area contributed by atoms with Gasteiger partial charge in [-0.05, 0) is 30.2 Å². The van der Waals surface area contributed by atoms with Crippen molar-refractivity contribution in [1.29, 1.82) is 0 Å². The molecule has 0 unspecified atom stereocenters. The maximum absolute atomic E-state index is 13.1. The molecule has 1 aliphatic rings. The minimum absolute atomic E-state index is 0.0818. The van der Waals surface area contributed by atoms with E-state index in [2.05, 4.69) is 10.6 Å². The first-order chi connectivity index (χ1) is 11.1. The average Bonchev–Trinajstić information content (AvgIpc) is 2.84. The minimum Gasteiger partial charge on any atom is -0.379 e. The van der Waals surface area contributed by atoms with E-state index in [9.17, 15) is 19.3 Å². The first-order valence-corrected chi connectivity index (χ1v) is 7.14. The Morgan fingerprint density at radius 1 is 1.26 bits per heavy atom. The summed E-state index contributed by atoms with van der Waals surface area (Å²) in [7, 11) is 0. The molecule has 1 amide bonds. The summed E-state index contributed by atoms with van der Waals surface area (Å²) in [6.45, 7) is 0.360. The molecule has 0 aromatic heterocycles. The molecule has 0 fully saturated rings. The number of carbonyl (C=O) groups excluding carboxylic acids is 1. The van der Waals surface area contributed by atoms with Crippen LogP contribution in [0.3, 0.4) is 0 Å². The molecule has 0 saturated heterocycles. The van der Waals surface area contributed by atoms with E-state index in [1.54, 1.807) is 0 Å². The monoisotopic (exact) mass is 315 g/mol. The fraction of sp³-hybridized carbons (Fsp3) is 0.188. The third-order valence-corrected chi connectivity index (χ3v) is 3.82. The summed E-state index contributed by atoms with van der Waals surface area (Å²) in [5, 5.41) is 16.7. The van der Waals surface area contributed by atoms with Crippen LogP contribution in [0.5, 0.6) is 0 Å². The van der Waals surface area contributed by atoms with Crippen molar-refractivity contribution in [2.45, 2.75) is 12.3 Å². The number of nitrogens with zero attached hydrogens (tertiary/aromatic N) is 1. The number of nitro groups is 1. The fourth-order valence-corrected chi connectivity index (χ4v) is 2.72. The number of amides is 1. The number of hydrogen-bond acceptors (Lipinski definition) is 4. The third-order valence-electron chi connectivity index (χ3n) is 3.82. The number of anilines is 2. The summed E-state index contributed by atoms with van der Waals surface area (Å²) in [5.74, 6) is -1.04. The zero-order valence-corrected chi connectivity index (χ0v) is 12.1. The molecular weight excluding hydrogens is 301 g/mol. The topological polar surface area (TPSA) is 84.3 Å². The van der Waals surface area contributed by atoms with E-state index >= 15 is 0 Å². The van der Waals surface area contributed by atoms with Crippen LogP contribution in [0.2, 0.25) is 0 Å². The first kappa shape index (κ1) is 15.0. The number of fused-ring (bicyclic) bond motifs is 1. The van der Waals surface area contributed by atoms with Gasteiger partial charge in [0.05, 0.1) is 16.9 Å². The van der Waals surface area contributed by atoms with Crippen molar-refractivity contribution in [1.82, 2.24) is 0 Å². The zero-order valence-electron chi connectivity index (χ0n) is 12.1. The predicted octanol–water partition coefficient (Wildman–Crippen LogP) is 3.27. The van der Waals surface area contributed by atoms with Gasteiger partial charge in [0.1, 0.15) is 11.5 Å². The highest BCUT2D eigenvalue weighted by atomic mass is 19.1. The van der Waals surface area contributed by atoms with Crippen molar-refractivity contribution >= 4 is 23.0 Å². The molecule has 0 aliphatic carbocycles. The van der Waals surface area contributed by atoms with E-state index in [-0.39, 0.29) is 23.2 Å². The molecule has 118 valence electrons. The number of carbonyl (C=O) groups is 1.